The van der Waals surface area contributed by atoms with E-state index < -0.39 is 17.5 Å². The summed E-state index contributed by atoms with van der Waals surface area (Å²) in [6.07, 6.45) is 5.86. The fourth-order valence-corrected chi connectivity index (χ4v) is 5.49. The molecule has 0 radical (unpaired) electrons. The summed E-state index contributed by atoms with van der Waals surface area (Å²) in [6, 6.07) is 10.2. The number of carbonyl (C=O) groups is 1. The van der Waals surface area contributed by atoms with Gasteiger partial charge >= 0.3 is 0 Å². The molecule has 6 rings (SSSR count). The Hall–Kier alpha value is -4.98. The Balaban J connectivity index is 1.41. The summed E-state index contributed by atoms with van der Waals surface area (Å²) in [5.74, 6) is -2.65. The van der Waals surface area contributed by atoms with Crippen LogP contribution in [0.1, 0.15) is 25.7 Å². The van der Waals surface area contributed by atoms with Crippen molar-refractivity contribution in [1.82, 2.24) is 15.3 Å². The largest absolute Gasteiger partial charge is 0.365 e. The maximum absolute atomic E-state index is 16.2. The lowest BCUT2D eigenvalue weighted by Crippen LogP contribution is -2.42. The number of pyridine rings is 1. The molecule has 1 fully saturated rings. The van der Waals surface area contributed by atoms with Gasteiger partial charge in [0.15, 0.2) is 11.6 Å². The van der Waals surface area contributed by atoms with E-state index in [0.717, 1.165) is 25.0 Å². The van der Waals surface area contributed by atoms with E-state index >= 15 is 4.39 Å². The summed E-state index contributed by atoms with van der Waals surface area (Å²) in [5, 5.41) is 14.0. The molecule has 1 aliphatic carbocycles. The van der Waals surface area contributed by atoms with Gasteiger partial charge in [0.05, 0.1) is 24.3 Å². The van der Waals surface area contributed by atoms with E-state index in [0.29, 0.717) is 24.9 Å². The van der Waals surface area contributed by atoms with Crippen molar-refractivity contribution in [2.45, 2.75) is 37.8 Å². The van der Waals surface area contributed by atoms with Crippen molar-refractivity contribution in [2.75, 3.05) is 11.9 Å². The first-order chi connectivity index (χ1) is 19.9. The topological polar surface area (TPSA) is 98.9 Å². The summed E-state index contributed by atoms with van der Waals surface area (Å²) >= 11 is 0. The standard InChI is InChI=1S/C30H24F3N7O/c1-34-28-24(16-6-3-2-4-7-16)25(33)29(39-27(28)21-15-35-26-20(21)12-17(31)13-22(26)32)37-18-8-5-9-19(14-18)38-30(41)23-10-11-36-40-23/h2-4,6-7,10,12-13,15,18-19,35H,5,8-9,11,14H2,(H,37,39)(H,38,41)/t18-,19+/m0/s1. The minimum absolute atomic E-state index is 0.0403. The first-order valence-electron chi connectivity index (χ1n) is 13.2. The van der Waals surface area contributed by atoms with Crippen molar-refractivity contribution in [1.29, 1.82) is 0 Å². The molecule has 3 N–H and O–H groups in total. The van der Waals surface area contributed by atoms with Crippen molar-refractivity contribution >= 4 is 28.3 Å². The molecule has 2 atom stereocenters. The Bertz CT molecular complexity index is 1760. The molecule has 0 spiro atoms. The fraction of sp³-hybridized carbons (Fsp3) is 0.233. The molecule has 0 saturated heterocycles. The number of fused-ring (bicyclic) bond motifs is 1. The molecular formula is C30H24F3N7O. The maximum Gasteiger partial charge on any atom is 0.271 e. The third-order valence-corrected chi connectivity index (χ3v) is 7.38. The molecule has 11 heteroatoms. The molecular weight excluding hydrogens is 531 g/mol. The highest BCUT2D eigenvalue weighted by atomic mass is 19.1. The zero-order valence-corrected chi connectivity index (χ0v) is 21.7. The molecule has 1 aliphatic heterocycles. The van der Waals surface area contributed by atoms with Crippen molar-refractivity contribution in [2.24, 2.45) is 10.2 Å². The van der Waals surface area contributed by atoms with Crippen LogP contribution in [0.2, 0.25) is 0 Å². The van der Waals surface area contributed by atoms with Gasteiger partial charge in [-0.3, -0.25) is 4.79 Å². The van der Waals surface area contributed by atoms with Crippen LogP contribution in [-0.2, 0) is 4.79 Å². The van der Waals surface area contributed by atoms with Crippen LogP contribution >= 0.6 is 0 Å². The van der Waals surface area contributed by atoms with Gasteiger partial charge in [-0.1, -0.05) is 30.3 Å². The lowest BCUT2D eigenvalue weighted by Gasteiger charge is -2.31. The number of benzene rings is 2. The third kappa shape index (κ3) is 5.04. The first kappa shape index (κ1) is 26.3. The predicted molar refractivity (Wildman–Crippen MR) is 149 cm³/mol. The van der Waals surface area contributed by atoms with Crippen LogP contribution in [0.4, 0.5) is 24.7 Å². The van der Waals surface area contributed by atoms with Gasteiger partial charge in [0, 0.05) is 40.9 Å². The summed E-state index contributed by atoms with van der Waals surface area (Å²) in [7, 11) is 0. The van der Waals surface area contributed by atoms with E-state index in [1.54, 1.807) is 36.4 Å². The highest BCUT2D eigenvalue weighted by Crippen LogP contribution is 2.44. The second-order valence-electron chi connectivity index (χ2n) is 10.0. The minimum Gasteiger partial charge on any atom is -0.365 e. The Morgan fingerprint density at radius 2 is 1.90 bits per heavy atom. The number of H-pyrrole nitrogens is 1. The van der Waals surface area contributed by atoms with Crippen molar-refractivity contribution < 1.29 is 18.0 Å². The van der Waals surface area contributed by atoms with Gasteiger partial charge < -0.3 is 15.6 Å². The predicted octanol–water partition coefficient (Wildman–Crippen LogP) is 7.05. The van der Waals surface area contributed by atoms with Crippen LogP contribution in [0.25, 0.3) is 38.1 Å². The van der Waals surface area contributed by atoms with Gasteiger partial charge in [0.1, 0.15) is 17.3 Å². The van der Waals surface area contributed by atoms with E-state index in [-0.39, 0.29) is 62.9 Å². The zero-order valence-electron chi connectivity index (χ0n) is 21.7. The number of aromatic nitrogens is 2. The molecule has 206 valence electrons. The molecule has 3 heterocycles. The number of carbonyl (C=O) groups excluding carboxylic acids is 1. The smallest absolute Gasteiger partial charge is 0.271 e. The number of hydrogen-bond donors (Lipinski definition) is 3. The SMILES string of the molecule is [C-]#[N+]c1c(-c2c[nH]c3c(F)cc(F)cc23)nc(N[C@H]2CCC[C@@H](NC(=O)C3=CCN=N3)C2)c(F)c1-c1ccccc1. The van der Waals surface area contributed by atoms with Crippen molar-refractivity contribution in [3.05, 3.63) is 89.3 Å². The Kier molecular flexibility index (Phi) is 6.97. The molecule has 2 aliphatic rings. The number of azo groups is 1. The number of aromatic amines is 1. The molecule has 2 aromatic heterocycles. The average molecular weight is 556 g/mol. The molecule has 1 saturated carbocycles. The third-order valence-electron chi connectivity index (χ3n) is 7.38. The summed E-state index contributed by atoms with van der Waals surface area (Å²) < 4.78 is 45.0. The number of anilines is 1. The van der Waals surface area contributed by atoms with Crippen LogP contribution < -0.4 is 10.6 Å². The Labute approximate surface area is 233 Å². The quantitative estimate of drug-likeness (QED) is 0.222. The Morgan fingerprint density at radius 1 is 1.10 bits per heavy atom. The van der Waals surface area contributed by atoms with Gasteiger partial charge in [-0.2, -0.15) is 10.2 Å². The van der Waals surface area contributed by atoms with Crippen LogP contribution in [0, 0.1) is 24.0 Å². The van der Waals surface area contributed by atoms with E-state index in [1.165, 1.54) is 6.20 Å². The van der Waals surface area contributed by atoms with Gasteiger partial charge in [-0.05, 0) is 43.4 Å². The number of nitrogens with zero attached hydrogens (tertiary/aromatic N) is 4. The summed E-state index contributed by atoms with van der Waals surface area (Å²) in [5.41, 5.74) is 1.15. The van der Waals surface area contributed by atoms with E-state index in [4.69, 9.17) is 6.57 Å². The monoisotopic (exact) mass is 555 g/mol. The molecule has 2 aromatic carbocycles. The Morgan fingerprint density at radius 3 is 2.66 bits per heavy atom. The lowest BCUT2D eigenvalue weighted by atomic mass is 9.90. The van der Waals surface area contributed by atoms with E-state index in [1.807, 2.05) is 0 Å². The van der Waals surface area contributed by atoms with Crippen LogP contribution in [-0.4, -0.2) is 34.5 Å². The number of halogens is 3. The van der Waals surface area contributed by atoms with Gasteiger partial charge in [-0.15, -0.1) is 0 Å². The molecule has 0 unspecified atom stereocenters. The molecule has 0 bridgehead atoms. The van der Waals surface area contributed by atoms with Crippen molar-refractivity contribution in [3.63, 3.8) is 0 Å². The lowest BCUT2D eigenvalue weighted by molar-refractivity contribution is -0.118. The molecule has 4 aromatic rings. The van der Waals surface area contributed by atoms with E-state index in [2.05, 4.69) is 35.7 Å². The van der Waals surface area contributed by atoms with Crippen LogP contribution in [0.5, 0.6) is 0 Å². The maximum atomic E-state index is 16.2. The summed E-state index contributed by atoms with van der Waals surface area (Å²) in [6.45, 7) is 8.31. The van der Waals surface area contributed by atoms with Crippen LogP contribution in [0.15, 0.2) is 70.7 Å². The second-order valence-corrected chi connectivity index (χ2v) is 10.0. The normalized spacial score (nSPS) is 18.2. The van der Waals surface area contributed by atoms with Gasteiger partial charge in [0.2, 0.25) is 5.69 Å². The minimum atomic E-state index is -0.788. The molecule has 41 heavy (non-hydrogen) atoms. The number of rotatable bonds is 6. The molecule has 8 nitrogen and oxygen atoms in total. The zero-order chi connectivity index (χ0) is 28.5. The summed E-state index contributed by atoms with van der Waals surface area (Å²) in [4.78, 5) is 23.5. The highest BCUT2D eigenvalue weighted by molar-refractivity contribution is 6.01. The number of amides is 1. The second kappa shape index (κ2) is 10.9. The van der Waals surface area contributed by atoms with Gasteiger partial charge in [-0.25, -0.2) is 23.0 Å². The average Bonchev–Trinajstić information content (AvgIpc) is 3.66. The number of nitrogens with one attached hydrogen (secondary N) is 3. The first-order valence-corrected chi connectivity index (χ1v) is 13.2. The van der Waals surface area contributed by atoms with Gasteiger partial charge in [0.25, 0.3) is 5.91 Å². The molecule has 1 amide bonds. The van der Waals surface area contributed by atoms with E-state index in [9.17, 15) is 13.6 Å². The van der Waals surface area contributed by atoms with Crippen LogP contribution in [0.3, 0.4) is 0 Å². The number of hydrogen-bond acceptors (Lipinski definition) is 5. The highest BCUT2D eigenvalue weighted by Gasteiger charge is 2.29. The van der Waals surface area contributed by atoms with Crippen molar-refractivity contribution in [3.8, 4) is 22.4 Å². The fourth-order valence-electron chi connectivity index (χ4n) is 5.49.